The van der Waals surface area contributed by atoms with E-state index in [4.69, 9.17) is 26.1 Å². The summed E-state index contributed by atoms with van der Waals surface area (Å²) in [6.07, 6.45) is 0.917. The maximum atomic E-state index is 12.4. The molecule has 1 aromatic heterocycles. The molecule has 0 unspecified atom stereocenters. The van der Waals surface area contributed by atoms with Crippen LogP contribution in [0.25, 0.3) is 22.6 Å². The van der Waals surface area contributed by atoms with Gasteiger partial charge in [0.05, 0.1) is 14.2 Å². The number of ether oxygens (including phenoxy) is 2. The van der Waals surface area contributed by atoms with Crippen molar-refractivity contribution in [2.45, 2.75) is 13.3 Å². The molecule has 4 aromatic rings. The fourth-order valence-electron chi connectivity index (χ4n) is 3.33. The minimum Gasteiger partial charge on any atom is -0.493 e. The minimum absolute atomic E-state index is 0.197. The van der Waals surface area contributed by atoms with E-state index in [1.54, 1.807) is 56.7 Å². The minimum atomic E-state index is -0.270. The molecule has 0 spiro atoms. The SMILES string of the molecule is CCc1ccc(C(=O)NC(=S)Nc2ccc3oc(-c4ccc(OC)c(OC)c4)nc3c2)cc1. The zero-order chi connectivity index (χ0) is 23.4. The Kier molecular flexibility index (Phi) is 6.55. The van der Waals surface area contributed by atoms with Crippen LogP contribution in [0, 0.1) is 0 Å². The van der Waals surface area contributed by atoms with Gasteiger partial charge in [0.1, 0.15) is 5.52 Å². The fourth-order valence-corrected chi connectivity index (χ4v) is 3.54. The Morgan fingerprint density at radius 3 is 2.45 bits per heavy atom. The van der Waals surface area contributed by atoms with Crippen LogP contribution in [-0.2, 0) is 6.42 Å². The van der Waals surface area contributed by atoms with Crippen molar-refractivity contribution in [2.24, 2.45) is 0 Å². The first-order valence-electron chi connectivity index (χ1n) is 10.3. The highest BCUT2D eigenvalue weighted by molar-refractivity contribution is 7.80. The lowest BCUT2D eigenvalue weighted by atomic mass is 10.1. The standard InChI is InChI=1S/C25H23N3O4S/c1-4-15-5-7-16(8-6-15)23(29)28-25(33)26-18-10-12-20-19(14-18)27-24(32-20)17-9-11-21(30-2)22(13-17)31-3/h5-14H,4H2,1-3H3,(H2,26,28,29,33). The molecule has 0 aliphatic rings. The highest BCUT2D eigenvalue weighted by Gasteiger charge is 2.13. The second kappa shape index (κ2) is 9.70. The molecule has 0 fully saturated rings. The first kappa shape index (κ1) is 22.3. The average Bonchev–Trinajstić information content (AvgIpc) is 3.27. The van der Waals surface area contributed by atoms with Crippen molar-refractivity contribution in [3.8, 4) is 23.0 Å². The number of aryl methyl sites for hydroxylation is 1. The second-order valence-corrected chi connectivity index (χ2v) is 7.64. The largest absolute Gasteiger partial charge is 0.493 e. The number of benzene rings is 3. The molecule has 1 amide bonds. The number of anilines is 1. The smallest absolute Gasteiger partial charge is 0.257 e. The van der Waals surface area contributed by atoms with Gasteiger partial charge in [0.25, 0.3) is 5.91 Å². The van der Waals surface area contributed by atoms with Crippen LogP contribution in [0.5, 0.6) is 11.5 Å². The summed E-state index contributed by atoms with van der Waals surface area (Å²) in [5.41, 5.74) is 4.42. The first-order valence-corrected chi connectivity index (χ1v) is 10.8. The number of amides is 1. The van der Waals surface area contributed by atoms with Gasteiger partial charge in [-0.25, -0.2) is 4.98 Å². The van der Waals surface area contributed by atoms with Crippen molar-refractivity contribution < 1.29 is 18.7 Å². The molecule has 8 heteroatoms. The van der Waals surface area contributed by atoms with Crippen LogP contribution in [0.1, 0.15) is 22.8 Å². The molecule has 0 aliphatic carbocycles. The molecule has 0 saturated carbocycles. The molecule has 7 nitrogen and oxygen atoms in total. The van der Waals surface area contributed by atoms with Crippen LogP contribution in [0.15, 0.2) is 65.1 Å². The summed E-state index contributed by atoms with van der Waals surface area (Å²) in [7, 11) is 3.16. The lowest BCUT2D eigenvalue weighted by Crippen LogP contribution is -2.34. The quantitative estimate of drug-likeness (QED) is 0.382. The summed E-state index contributed by atoms with van der Waals surface area (Å²) in [4.78, 5) is 17.0. The van der Waals surface area contributed by atoms with Crippen molar-refractivity contribution in [3.63, 3.8) is 0 Å². The number of oxazole rings is 1. The van der Waals surface area contributed by atoms with E-state index in [2.05, 4.69) is 22.5 Å². The van der Waals surface area contributed by atoms with E-state index < -0.39 is 0 Å². The third kappa shape index (κ3) is 4.96. The number of aromatic nitrogens is 1. The lowest BCUT2D eigenvalue weighted by molar-refractivity contribution is 0.0977. The molecule has 1 heterocycles. The zero-order valence-electron chi connectivity index (χ0n) is 18.5. The van der Waals surface area contributed by atoms with Gasteiger partial charge in [-0.05, 0) is 72.7 Å². The number of hydrogen-bond acceptors (Lipinski definition) is 6. The number of carbonyl (C=O) groups is 1. The van der Waals surface area contributed by atoms with Crippen molar-refractivity contribution in [2.75, 3.05) is 19.5 Å². The number of rotatable bonds is 6. The number of methoxy groups -OCH3 is 2. The summed E-state index contributed by atoms with van der Waals surface area (Å²) in [5, 5.41) is 5.91. The molecular formula is C25H23N3O4S. The Labute approximate surface area is 196 Å². The molecule has 0 aliphatic heterocycles. The van der Waals surface area contributed by atoms with Gasteiger partial charge in [-0.3, -0.25) is 10.1 Å². The molecule has 4 rings (SSSR count). The monoisotopic (exact) mass is 461 g/mol. The molecular weight excluding hydrogens is 438 g/mol. The van der Waals surface area contributed by atoms with Gasteiger partial charge in [-0.1, -0.05) is 19.1 Å². The summed E-state index contributed by atoms with van der Waals surface area (Å²) in [6, 6.07) is 18.3. The highest BCUT2D eigenvalue weighted by atomic mass is 32.1. The summed E-state index contributed by atoms with van der Waals surface area (Å²) < 4.78 is 16.5. The Morgan fingerprint density at radius 2 is 1.76 bits per heavy atom. The summed E-state index contributed by atoms with van der Waals surface area (Å²) in [6.45, 7) is 2.07. The van der Waals surface area contributed by atoms with E-state index in [1.165, 1.54) is 5.56 Å². The van der Waals surface area contributed by atoms with E-state index in [0.717, 1.165) is 12.0 Å². The molecule has 3 aromatic carbocycles. The van der Waals surface area contributed by atoms with Gasteiger partial charge < -0.3 is 19.2 Å². The zero-order valence-corrected chi connectivity index (χ0v) is 19.3. The van der Waals surface area contributed by atoms with Crippen molar-refractivity contribution in [1.82, 2.24) is 10.3 Å². The number of carbonyl (C=O) groups excluding carboxylic acids is 1. The number of fused-ring (bicyclic) bond motifs is 1. The normalized spacial score (nSPS) is 10.6. The van der Waals surface area contributed by atoms with Crippen LogP contribution < -0.4 is 20.1 Å². The average molecular weight is 462 g/mol. The van der Waals surface area contributed by atoms with Crippen molar-refractivity contribution in [1.29, 1.82) is 0 Å². The van der Waals surface area contributed by atoms with Gasteiger partial charge >= 0.3 is 0 Å². The van der Waals surface area contributed by atoms with Crippen LogP contribution in [0.4, 0.5) is 5.69 Å². The van der Waals surface area contributed by atoms with Gasteiger partial charge in [0.15, 0.2) is 22.2 Å². The predicted molar refractivity (Wildman–Crippen MR) is 132 cm³/mol. The third-order valence-electron chi connectivity index (χ3n) is 5.13. The lowest BCUT2D eigenvalue weighted by Gasteiger charge is -2.09. The van der Waals surface area contributed by atoms with Crippen molar-refractivity contribution in [3.05, 3.63) is 71.8 Å². The van der Waals surface area contributed by atoms with Gasteiger partial charge in [-0.2, -0.15) is 0 Å². The Bertz CT molecular complexity index is 1320. The molecule has 2 N–H and O–H groups in total. The molecule has 0 atom stereocenters. The highest BCUT2D eigenvalue weighted by Crippen LogP contribution is 2.33. The van der Waals surface area contributed by atoms with E-state index in [1.807, 2.05) is 18.2 Å². The Hall–Kier alpha value is -3.91. The third-order valence-corrected chi connectivity index (χ3v) is 5.33. The number of hydrogen-bond donors (Lipinski definition) is 2. The van der Waals surface area contributed by atoms with Crippen LogP contribution in [0.3, 0.4) is 0 Å². The number of nitrogens with one attached hydrogen (secondary N) is 2. The Morgan fingerprint density at radius 1 is 1.00 bits per heavy atom. The van der Waals surface area contributed by atoms with Gasteiger partial charge in [0, 0.05) is 16.8 Å². The topological polar surface area (TPSA) is 85.6 Å². The predicted octanol–water partition coefficient (Wildman–Crippen LogP) is 5.20. The molecule has 0 radical (unpaired) electrons. The summed E-state index contributed by atoms with van der Waals surface area (Å²) >= 11 is 5.30. The maximum Gasteiger partial charge on any atom is 0.257 e. The van der Waals surface area contributed by atoms with Crippen LogP contribution in [0.2, 0.25) is 0 Å². The van der Waals surface area contributed by atoms with E-state index >= 15 is 0 Å². The van der Waals surface area contributed by atoms with Gasteiger partial charge in [-0.15, -0.1) is 0 Å². The van der Waals surface area contributed by atoms with E-state index in [-0.39, 0.29) is 11.0 Å². The summed E-state index contributed by atoms with van der Waals surface area (Å²) in [5.74, 6) is 1.40. The molecule has 33 heavy (non-hydrogen) atoms. The van der Waals surface area contributed by atoms with Gasteiger partial charge in [0.2, 0.25) is 5.89 Å². The first-order chi connectivity index (χ1) is 16.0. The Balaban J connectivity index is 1.48. The fraction of sp³-hybridized carbons (Fsp3) is 0.160. The second-order valence-electron chi connectivity index (χ2n) is 7.23. The molecule has 168 valence electrons. The number of thiocarbonyl (C=S) groups is 1. The van der Waals surface area contributed by atoms with Crippen LogP contribution >= 0.6 is 12.2 Å². The van der Waals surface area contributed by atoms with E-state index in [0.29, 0.717) is 39.7 Å². The van der Waals surface area contributed by atoms with Crippen LogP contribution in [-0.4, -0.2) is 30.2 Å². The number of nitrogens with zero attached hydrogens (tertiary/aromatic N) is 1. The maximum absolute atomic E-state index is 12.4. The molecule has 0 bridgehead atoms. The molecule has 0 saturated heterocycles. The van der Waals surface area contributed by atoms with Crippen molar-refractivity contribution >= 4 is 40.0 Å². The van der Waals surface area contributed by atoms with E-state index in [9.17, 15) is 4.79 Å².